The zero-order chi connectivity index (χ0) is 20.9. The Hall–Kier alpha value is -4.06. The number of para-hydroxylation sites is 2. The van der Waals surface area contributed by atoms with Gasteiger partial charge in [-0.15, -0.1) is 0 Å². The molecule has 0 spiro atoms. The van der Waals surface area contributed by atoms with E-state index < -0.39 is 5.91 Å². The third-order valence-corrected chi connectivity index (χ3v) is 4.67. The second-order valence-electron chi connectivity index (χ2n) is 6.66. The molecule has 2 amide bonds. The van der Waals surface area contributed by atoms with Crippen molar-refractivity contribution in [2.24, 2.45) is 0 Å². The summed E-state index contributed by atoms with van der Waals surface area (Å²) in [6.45, 7) is 0.394. The molecule has 2 N–H and O–H groups in total. The Labute approximate surface area is 173 Å². The van der Waals surface area contributed by atoms with Gasteiger partial charge in [0.05, 0.1) is 18.4 Å². The fourth-order valence-corrected chi connectivity index (χ4v) is 3.16. The molecule has 150 valence electrons. The number of amides is 2. The molecule has 3 aromatic carbocycles. The Kier molecular flexibility index (Phi) is 5.48. The maximum Gasteiger partial charge on any atom is 0.291 e. The average Bonchev–Trinajstić information content (AvgIpc) is 3.23. The van der Waals surface area contributed by atoms with Gasteiger partial charge in [0.25, 0.3) is 11.8 Å². The summed E-state index contributed by atoms with van der Waals surface area (Å²) in [6, 6.07) is 23.5. The Morgan fingerprint density at radius 3 is 2.47 bits per heavy atom. The van der Waals surface area contributed by atoms with Crippen molar-refractivity contribution < 1.29 is 18.7 Å². The molecule has 1 aromatic heterocycles. The molecular weight excluding hydrogens is 380 g/mol. The normalized spacial score (nSPS) is 10.6. The van der Waals surface area contributed by atoms with E-state index in [0.29, 0.717) is 29.1 Å². The summed E-state index contributed by atoms with van der Waals surface area (Å²) in [4.78, 5) is 25.4. The number of hydrogen-bond donors (Lipinski definition) is 2. The molecule has 0 saturated carbocycles. The van der Waals surface area contributed by atoms with Gasteiger partial charge in [-0.25, -0.2) is 0 Å². The van der Waals surface area contributed by atoms with Crippen LogP contribution in [0.3, 0.4) is 0 Å². The number of nitrogens with one attached hydrogen (secondary N) is 2. The summed E-state index contributed by atoms with van der Waals surface area (Å²) in [7, 11) is 1.54. The number of carbonyl (C=O) groups excluding carboxylic acids is 2. The number of anilines is 1. The zero-order valence-corrected chi connectivity index (χ0v) is 16.3. The second kappa shape index (κ2) is 8.53. The van der Waals surface area contributed by atoms with Gasteiger partial charge in [-0.1, -0.05) is 54.6 Å². The molecule has 0 unspecified atom stereocenters. The van der Waals surface area contributed by atoms with Crippen LogP contribution in [0.1, 0.15) is 26.5 Å². The van der Waals surface area contributed by atoms with E-state index in [1.54, 1.807) is 43.5 Å². The van der Waals surface area contributed by atoms with Gasteiger partial charge in [-0.2, -0.15) is 0 Å². The SMILES string of the molecule is COc1cccc2cc(C(=O)Nc3ccccc3C(=O)NCc3ccccc3)oc12. The number of hydrogen-bond acceptors (Lipinski definition) is 4. The second-order valence-corrected chi connectivity index (χ2v) is 6.66. The van der Waals surface area contributed by atoms with Crippen molar-refractivity contribution in [1.82, 2.24) is 5.32 Å². The summed E-state index contributed by atoms with van der Waals surface area (Å²) < 4.78 is 11.0. The maximum atomic E-state index is 12.8. The first-order chi connectivity index (χ1) is 14.7. The van der Waals surface area contributed by atoms with E-state index in [2.05, 4.69) is 10.6 Å². The van der Waals surface area contributed by atoms with Crippen LogP contribution in [0.25, 0.3) is 11.0 Å². The van der Waals surface area contributed by atoms with Gasteiger partial charge in [0.1, 0.15) is 0 Å². The van der Waals surface area contributed by atoms with Gasteiger partial charge in [0.2, 0.25) is 0 Å². The first-order valence-corrected chi connectivity index (χ1v) is 9.45. The molecule has 0 aliphatic rings. The Morgan fingerprint density at radius 2 is 1.67 bits per heavy atom. The standard InChI is InChI=1S/C24H20N2O4/c1-29-20-13-7-10-17-14-21(30-22(17)20)24(28)26-19-12-6-5-11-18(19)23(27)25-15-16-8-3-2-4-9-16/h2-14H,15H2,1H3,(H,25,27)(H,26,28). The van der Waals surface area contributed by atoms with Crippen LogP contribution in [0.5, 0.6) is 5.75 Å². The quantitative estimate of drug-likeness (QED) is 0.495. The molecule has 0 aliphatic heterocycles. The number of furan rings is 1. The van der Waals surface area contributed by atoms with Crippen molar-refractivity contribution in [3.8, 4) is 5.75 Å². The van der Waals surface area contributed by atoms with E-state index in [0.717, 1.165) is 10.9 Å². The number of rotatable bonds is 6. The monoisotopic (exact) mass is 400 g/mol. The summed E-state index contributed by atoms with van der Waals surface area (Å²) >= 11 is 0. The van der Waals surface area contributed by atoms with Crippen LogP contribution in [0.2, 0.25) is 0 Å². The van der Waals surface area contributed by atoms with Crippen molar-refractivity contribution in [1.29, 1.82) is 0 Å². The highest BCUT2D eigenvalue weighted by Gasteiger charge is 2.18. The minimum absolute atomic E-state index is 0.133. The lowest BCUT2D eigenvalue weighted by Crippen LogP contribution is -2.24. The van der Waals surface area contributed by atoms with Gasteiger partial charge in [-0.3, -0.25) is 9.59 Å². The van der Waals surface area contributed by atoms with Crippen molar-refractivity contribution in [3.63, 3.8) is 0 Å². The highest BCUT2D eigenvalue weighted by molar-refractivity contribution is 6.09. The van der Waals surface area contributed by atoms with E-state index in [4.69, 9.17) is 9.15 Å². The van der Waals surface area contributed by atoms with Gasteiger partial charge in [0.15, 0.2) is 17.1 Å². The van der Waals surface area contributed by atoms with Gasteiger partial charge in [0, 0.05) is 11.9 Å². The molecule has 0 saturated heterocycles. The molecule has 0 bridgehead atoms. The zero-order valence-electron chi connectivity index (χ0n) is 16.3. The molecule has 0 fully saturated rings. The highest BCUT2D eigenvalue weighted by atomic mass is 16.5. The Morgan fingerprint density at radius 1 is 0.900 bits per heavy atom. The summed E-state index contributed by atoms with van der Waals surface area (Å²) in [6.07, 6.45) is 0. The fraction of sp³-hybridized carbons (Fsp3) is 0.0833. The van der Waals surface area contributed by atoms with Gasteiger partial charge < -0.3 is 19.8 Å². The Bertz CT molecular complexity index is 1200. The molecular formula is C24H20N2O4. The molecule has 30 heavy (non-hydrogen) atoms. The van der Waals surface area contributed by atoms with Crippen LogP contribution in [0, 0.1) is 0 Å². The minimum atomic E-state index is -0.448. The number of carbonyl (C=O) groups is 2. The predicted octanol–water partition coefficient (Wildman–Crippen LogP) is 4.62. The van der Waals surface area contributed by atoms with E-state index in [9.17, 15) is 9.59 Å². The van der Waals surface area contributed by atoms with Gasteiger partial charge in [-0.05, 0) is 29.8 Å². The largest absolute Gasteiger partial charge is 0.493 e. The van der Waals surface area contributed by atoms with Crippen molar-refractivity contribution in [2.75, 3.05) is 12.4 Å². The molecule has 4 aromatic rings. The van der Waals surface area contributed by atoms with E-state index in [1.165, 1.54) is 0 Å². The number of benzene rings is 3. The minimum Gasteiger partial charge on any atom is -0.493 e. The average molecular weight is 400 g/mol. The van der Waals surface area contributed by atoms with E-state index in [-0.39, 0.29) is 11.7 Å². The number of fused-ring (bicyclic) bond motifs is 1. The van der Waals surface area contributed by atoms with Crippen LogP contribution in [0.15, 0.2) is 83.3 Å². The van der Waals surface area contributed by atoms with E-state index >= 15 is 0 Å². The third kappa shape index (κ3) is 4.03. The maximum absolute atomic E-state index is 12.8. The van der Waals surface area contributed by atoms with E-state index in [1.807, 2.05) is 42.5 Å². The number of methoxy groups -OCH3 is 1. The topological polar surface area (TPSA) is 80.6 Å². The summed E-state index contributed by atoms with van der Waals surface area (Å²) in [5, 5.41) is 6.40. The van der Waals surface area contributed by atoms with Crippen molar-refractivity contribution in [3.05, 3.63) is 95.7 Å². The third-order valence-electron chi connectivity index (χ3n) is 4.67. The first-order valence-electron chi connectivity index (χ1n) is 9.45. The smallest absolute Gasteiger partial charge is 0.291 e. The van der Waals surface area contributed by atoms with Crippen LogP contribution in [-0.2, 0) is 6.54 Å². The summed E-state index contributed by atoms with van der Waals surface area (Å²) in [5.41, 5.74) is 2.26. The van der Waals surface area contributed by atoms with Crippen LogP contribution in [0.4, 0.5) is 5.69 Å². The lowest BCUT2D eigenvalue weighted by Gasteiger charge is -2.11. The molecule has 0 radical (unpaired) electrons. The number of ether oxygens (including phenoxy) is 1. The van der Waals surface area contributed by atoms with Crippen LogP contribution >= 0.6 is 0 Å². The van der Waals surface area contributed by atoms with Crippen molar-refractivity contribution >= 4 is 28.5 Å². The molecule has 6 nitrogen and oxygen atoms in total. The van der Waals surface area contributed by atoms with Crippen LogP contribution in [-0.4, -0.2) is 18.9 Å². The molecule has 1 heterocycles. The summed E-state index contributed by atoms with van der Waals surface area (Å²) in [5.74, 6) is -0.0428. The van der Waals surface area contributed by atoms with Gasteiger partial charge >= 0.3 is 0 Å². The van der Waals surface area contributed by atoms with Crippen molar-refractivity contribution in [2.45, 2.75) is 6.54 Å². The Balaban J connectivity index is 1.52. The molecule has 0 aliphatic carbocycles. The highest BCUT2D eigenvalue weighted by Crippen LogP contribution is 2.29. The van der Waals surface area contributed by atoms with Crippen LogP contribution < -0.4 is 15.4 Å². The predicted molar refractivity (Wildman–Crippen MR) is 115 cm³/mol. The molecule has 6 heteroatoms. The molecule has 0 atom stereocenters. The first kappa shape index (κ1) is 19.3. The lowest BCUT2D eigenvalue weighted by atomic mass is 10.1. The molecule has 4 rings (SSSR count). The lowest BCUT2D eigenvalue weighted by molar-refractivity contribution is 0.0952. The fourth-order valence-electron chi connectivity index (χ4n) is 3.16.